The standard InChI is InChI=1S/C58H38N2O/c1-2-13-40(14-3-1)48-22-10-15-42-16-11-23-49(58(42)48)41-29-34-45(35-30-41)59(44-32-27-39(28-33-44)43-31-36-57-53(37-43)52-21-6-9-26-56(52)61-57)46-17-12-18-47(38-46)60-54-24-7-4-19-50(54)51-20-5-8-25-55(51)60/h1-38H. The summed E-state index contributed by atoms with van der Waals surface area (Å²) < 4.78 is 8.54. The average molecular weight is 779 g/mol. The minimum Gasteiger partial charge on any atom is -0.456 e. The van der Waals surface area contributed by atoms with Crippen LogP contribution in [-0.2, 0) is 0 Å². The first-order chi connectivity index (χ1) is 30.2. The van der Waals surface area contributed by atoms with E-state index in [-0.39, 0.29) is 0 Å². The minimum atomic E-state index is 0.902. The second-order valence-corrected chi connectivity index (χ2v) is 15.7. The number of hydrogen-bond acceptors (Lipinski definition) is 2. The first-order valence-electron chi connectivity index (χ1n) is 20.8. The molecule has 0 bridgehead atoms. The number of nitrogens with zero attached hydrogens (tertiary/aromatic N) is 2. The Hall–Kier alpha value is -8.14. The molecule has 286 valence electrons. The van der Waals surface area contributed by atoms with Gasteiger partial charge < -0.3 is 13.9 Å². The molecule has 0 aliphatic carbocycles. The second-order valence-electron chi connectivity index (χ2n) is 15.7. The fraction of sp³-hybridized carbons (Fsp3) is 0. The molecule has 0 unspecified atom stereocenters. The lowest BCUT2D eigenvalue weighted by Crippen LogP contribution is -2.10. The van der Waals surface area contributed by atoms with Crippen molar-refractivity contribution in [1.82, 2.24) is 4.57 Å². The predicted octanol–water partition coefficient (Wildman–Crippen LogP) is 16.3. The topological polar surface area (TPSA) is 21.3 Å². The Morgan fingerprint density at radius 1 is 0.328 bits per heavy atom. The van der Waals surface area contributed by atoms with Crippen molar-refractivity contribution in [3.05, 3.63) is 231 Å². The van der Waals surface area contributed by atoms with Crippen LogP contribution in [0.5, 0.6) is 0 Å². The number of furan rings is 1. The molecule has 0 aliphatic heterocycles. The Balaban J connectivity index is 0.990. The lowest BCUT2D eigenvalue weighted by atomic mass is 9.91. The van der Waals surface area contributed by atoms with Gasteiger partial charge in [-0.1, -0.05) is 158 Å². The van der Waals surface area contributed by atoms with Gasteiger partial charge in [-0.3, -0.25) is 0 Å². The Morgan fingerprint density at radius 2 is 0.869 bits per heavy atom. The molecular formula is C58H38N2O. The smallest absolute Gasteiger partial charge is 0.135 e. The maximum absolute atomic E-state index is 6.15. The van der Waals surface area contributed by atoms with Crippen molar-refractivity contribution < 1.29 is 4.42 Å². The average Bonchev–Trinajstić information content (AvgIpc) is 3.88. The van der Waals surface area contributed by atoms with Crippen molar-refractivity contribution in [2.75, 3.05) is 4.90 Å². The summed E-state index contributed by atoms with van der Waals surface area (Å²) in [4.78, 5) is 2.37. The number of aromatic nitrogens is 1. The van der Waals surface area contributed by atoms with Crippen LogP contribution < -0.4 is 4.90 Å². The molecule has 0 aliphatic rings. The summed E-state index contributed by atoms with van der Waals surface area (Å²) in [5, 5.41) is 7.24. The Kier molecular flexibility index (Phi) is 8.17. The molecule has 12 aromatic rings. The molecule has 0 amide bonds. The van der Waals surface area contributed by atoms with Gasteiger partial charge in [0.1, 0.15) is 11.2 Å². The van der Waals surface area contributed by atoms with E-state index >= 15 is 0 Å². The van der Waals surface area contributed by atoms with E-state index in [2.05, 4.69) is 228 Å². The molecule has 10 aromatic carbocycles. The van der Waals surface area contributed by atoms with E-state index in [1.54, 1.807) is 0 Å². The van der Waals surface area contributed by atoms with E-state index in [4.69, 9.17) is 4.42 Å². The lowest BCUT2D eigenvalue weighted by molar-refractivity contribution is 0.669. The zero-order valence-electron chi connectivity index (χ0n) is 33.2. The minimum absolute atomic E-state index is 0.902. The van der Waals surface area contributed by atoms with Gasteiger partial charge in [0, 0.05) is 44.3 Å². The molecule has 3 heteroatoms. The summed E-state index contributed by atoms with van der Waals surface area (Å²) in [5.74, 6) is 0. The number of rotatable bonds is 7. The highest BCUT2D eigenvalue weighted by Gasteiger charge is 2.18. The van der Waals surface area contributed by atoms with Crippen LogP contribution in [0.2, 0.25) is 0 Å². The molecule has 0 saturated heterocycles. The molecule has 2 aromatic heterocycles. The van der Waals surface area contributed by atoms with Gasteiger partial charge in [-0.15, -0.1) is 0 Å². The molecule has 0 spiro atoms. The molecular weight excluding hydrogens is 741 g/mol. The highest BCUT2D eigenvalue weighted by atomic mass is 16.3. The number of fused-ring (bicyclic) bond motifs is 7. The molecule has 3 nitrogen and oxygen atoms in total. The maximum Gasteiger partial charge on any atom is 0.135 e. The van der Waals surface area contributed by atoms with Gasteiger partial charge >= 0.3 is 0 Å². The summed E-state index contributed by atoms with van der Waals surface area (Å²) in [6.45, 7) is 0. The highest BCUT2D eigenvalue weighted by molar-refractivity contribution is 6.10. The highest BCUT2D eigenvalue weighted by Crippen LogP contribution is 2.42. The van der Waals surface area contributed by atoms with Gasteiger partial charge in [0.25, 0.3) is 0 Å². The summed E-state index contributed by atoms with van der Waals surface area (Å²) in [6, 6.07) is 83.0. The first kappa shape index (κ1) is 34.9. The Bertz CT molecular complexity index is 3520. The van der Waals surface area contributed by atoms with Crippen molar-refractivity contribution in [2.24, 2.45) is 0 Å². The van der Waals surface area contributed by atoms with Gasteiger partial charge in [-0.05, 0) is 117 Å². The first-order valence-corrected chi connectivity index (χ1v) is 20.8. The fourth-order valence-electron chi connectivity index (χ4n) is 9.36. The van der Waals surface area contributed by atoms with Gasteiger partial charge in [-0.25, -0.2) is 0 Å². The van der Waals surface area contributed by atoms with Crippen LogP contribution in [0.3, 0.4) is 0 Å². The quantitative estimate of drug-likeness (QED) is 0.161. The van der Waals surface area contributed by atoms with Gasteiger partial charge in [0.05, 0.1) is 11.0 Å². The van der Waals surface area contributed by atoms with Crippen LogP contribution >= 0.6 is 0 Å². The van der Waals surface area contributed by atoms with E-state index in [9.17, 15) is 0 Å². The molecule has 0 radical (unpaired) electrons. The second kappa shape index (κ2) is 14.3. The van der Waals surface area contributed by atoms with Crippen LogP contribution in [0.4, 0.5) is 17.1 Å². The SMILES string of the molecule is c1ccc(-c2cccc3cccc(-c4ccc(N(c5ccc(-c6ccc7oc8ccccc8c7c6)cc5)c5cccc(-n6c7ccccc7c7ccccc76)c5)cc4)c23)cc1. The Morgan fingerprint density at radius 3 is 1.56 bits per heavy atom. The van der Waals surface area contributed by atoms with Crippen molar-refractivity contribution in [2.45, 2.75) is 0 Å². The summed E-state index contributed by atoms with van der Waals surface area (Å²) in [5.41, 5.74) is 15.7. The normalized spacial score (nSPS) is 11.6. The number of hydrogen-bond donors (Lipinski definition) is 0. The maximum atomic E-state index is 6.15. The van der Waals surface area contributed by atoms with Crippen molar-refractivity contribution >= 4 is 71.6 Å². The van der Waals surface area contributed by atoms with Crippen molar-refractivity contribution in [1.29, 1.82) is 0 Å². The van der Waals surface area contributed by atoms with Crippen LogP contribution in [0.15, 0.2) is 235 Å². The van der Waals surface area contributed by atoms with Gasteiger partial charge in [0.15, 0.2) is 0 Å². The number of para-hydroxylation sites is 3. The zero-order chi connectivity index (χ0) is 40.3. The summed E-state index contributed by atoms with van der Waals surface area (Å²) in [7, 11) is 0. The molecule has 0 saturated carbocycles. The van der Waals surface area contributed by atoms with E-state index in [0.717, 1.165) is 55.8 Å². The van der Waals surface area contributed by atoms with E-state index < -0.39 is 0 Å². The van der Waals surface area contributed by atoms with Crippen LogP contribution in [0.1, 0.15) is 0 Å². The largest absolute Gasteiger partial charge is 0.456 e. The number of benzene rings is 10. The van der Waals surface area contributed by atoms with Crippen molar-refractivity contribution in [3.63, 3.8) is 0 Å². The van der Waals surface area contributed by atoms with E-state index in [1.165, 1.54) is 54.8 Å². The number of anilines is 3. The summed E-state index contributed by atoms with van der Waals surface area (Å²) >= 11 is 0. The molecule has 2 heterocycles. The molecule has 0 atom stereocenters. The summed E-state index contributed by atoms with van der Waals surface area (Å²) in [6.07, 6.45) is 0. The van der Waals surface area contributed by atoms with Crippen LogP contribution in [0.25, 0.3) is 93.6 Å². The van der Waals surface area contributed by atoms with Crippen molar-refractivity contribution in [3.8, 4) is 39.1 Å². The third kappa shape index (κ3) is 5.90. The Labute approximate surface area is 353 Å². The zero-order valence-corrected chi connectivity index (χ0v) is 33.2. The fourth-order valence-corrected chi connectivity index (χ4v) is 9.36. The van der Waals surface area contributed by atoms with E-state index in [0.29, 0.717) is 0 Å². The molecule has 0 fully saturated rings. The predicted molar refractivity (Wildman–Crippen MR) is 257 cm³/mol. The van der Waals surface area contributed by atoms with Crippen LogP contribution in [0, 0.1) is 0 Å². The third-order valence-corrected chi connectivity index (χ3v) is 12.2. The monoisotopic (exact) mass is 778 g/mol. The van der Waals surface area contributed by atoms with E-state index in [1.807, 2.05) is 12.1 Å². The van der Waals surface area contributed by atoms with Gasteiger partial charge in [-0.2, -0.15) is 0 Å². The third-order valence-electron chi connectivity index (χ3n) is 12.2. The lowest BCUT2D eigenvalue weighted by Gasteiger charge is -2.27. The molecule has 12 rings (SSSR count). The molecule has 61 heavy (non-hydrogen) atoms. The van der Waals surface area contributed by atoms with Crippen LogP contribution in [-0.4, -0.2) is 4.57 Å². The van der Waals surface area contributed by atoms with Gasteiger partial charge in [0.2, 0.25) is 0 Å². The molecule has 0 N–H and O–H groups in total.